The molecule has 0 aliphatic carbocycles. The van der Waals surface area contributed by atoms with Crippen LogP contribution in [0.2, 0.25) is 0 Å². The van der Waals surface area contributed by atoms with Crippen molar-refractivity contribution in [2.45, 2.75) is 12.8 Å². The molecule has 0 spiro atoms. The number of morpholine rings is 1. The topological polar surface area (TPSA) is 69.6 Å². The molecule has 0 unspecified atom stereocenters. The molecule has 3 aliphatic rings. The van der Waals surface area contributed by atoms with Crippen LogP contribution >= 0.6 is 24.0 Å². The van der Waals surface area contributed by atoms with Crippen LogP contribution in [-0.4, -0.2) is 112 Å². The molecule has 0 bridgehead atoms. The first-order valence-electron chi connectivity index (χ1n) is 10.1. The number of hydrogen-bond acceptors (Lipinski definition) is 5. The highest BCUT2D eigenvalue weighted by molar-refractivity contribution is 14.0. The van der Waals surface area contributed by atoms with Crippen molar-refractivity contribution in [2.24, 2.45) is 4.99 Å². The Balaban J connectivity index is 0.00000280. The van der Waals surface area contributed by atoms with Gasteiger partial charge in [0.05, 0.1) is 33.0 Å². The third kappa shape index (κ3) is 7.16. The number of nitrogens with zero attached hydrogens (tertiary/aromatic N) is 4. The number of halogens is 1. The van der Waals surface area contributed by atoms with E-state index in [1.807, 2.05) is 11.9 Å². The minimum atomic E-state index is 0. The van der Waals surface area contributed by atoms with Gasteiger partial charge in [-0.3, -0.25) is 14.7 Å². The largest absolute Gasteiger partial charge is 0.378 e. The first-order chi connectivity index (χ1) is 13.3. The van der Waals surface area contributed by atoms with Gasteiger partial charge in [-0.25, -0.2) is 0 Å². The maximum Gasteiger partial charge on any atom is 0.236 e. The van der Waals surface area contributed by atoms with Gasteiger partial charge in [-0.15, -0.1) is 24.0 Å². The third-order valence-corrected chi connectivity index (χ3v) is 5.39. The number of carbonyl (C=O) groups is 1. The van der Waals surface area contributed by atoms with Gasteiger partial charge in [0.2, 0.25) is 5.91 Å². The molecule has 0 aromatic heterocycles. The smallest absolute Gasteiger partial charge is 0.236 e. The number of guanidine groups is 1. The molecular formula is C19H34IN5O3. The van der Waals surface area contributed by atoms with Crippen LogP contribution < -0.4 is 5.32 Å². The van der Waals surface area contributed by atoms with E-state index in [1.54, 1.807) is 0 Å². The van der Waals surface area contributed by atoms with Crippen molar-refractivity contribution in [3.63, 3.8) is 0 Å². The minimum Gasteiger partial charge on any atom is -0.378 e. The second kappa shape index (κ2) is 12.6. The van der Waals surface area contributed by atoms with Crippen molar-refractivity contribution in [2.75, 3.05) is 85.8 Å². The summed E-state index contributed by atoms with van der Waals surface area (Å²) in [5.41, 5.74) is 1.47. The number of ether oxygens (including phenoxy) is 2. The summed E-state index contributed by atoms with van der Waals surface area (Å²) in [5, 5.41) is 3.48. The van der Waals surface area contributed by atoms with Crippen LogP contribution in [0.1, 0.15) is 12.8 Å². The zero-order valence-corrected chi connectivity index (χ0v) is 19.2. The van der Waals surface area contributed by atoms with Gasteiger partial charge in [0.1, 0.15) is 0 Å². The standard InChI is InChI=1S/C19H33N5O3.HI/c1-20-19(21-5-2-17-3-12-26-13-4-17)24-8-6-22(7-9-24)16-18(25)23-10-14-27-15-11-23;/h3H,2,4-16H2,1H3,(H,20,21);1H. The number of nitrogens with one attached hydrogen (secondary N) is 1. The predicted octanol–water partition coefficient (Wildman–Crippen LogP) is 0.393. The molecule has 0 aromatic carbocycles. The third-order valence-electron chi connectivity index (χ3n) is 5.39. The molecule has 2 fully saturated rings. The summed E-state index contributed by atoms with van der Waals surface area (Å²) in [6, 6.07) is 0. The van der Waals surface area contributed by atoms with Crippen LogP contribution in [0, 0.1) is 0 Å². The summed E-state index contributed by atoms with van der Waals surface area (Å²) in [5.74, 6) is 1.18. The van der Waals surface area contributed by atoms with Gasteiger partial charge >= 0.3 is 0 Å². The molecule has 3 heterocycles. The molecule has 9 heteroatoms. The summed E-state index contributed by atoms with van der Waals surface area (Å²) in [6.07, 6.45) is 4.27. The van der Waals surface area contributed by atoms with E-state index in [0.717, 1.165) is 77.8 Å². The highest BCUT2D eigenvalue weighted by Gasteiger charge is 2.24. The van der Waals surface area contributed by atoms with E-state index in [-0.39, 0.29) is 29.9 Å². The zero-order chi connectivity index (χ0) is 18.9. The summed E-state index contributed by atoms with van der Waals surface area (Å²) in [6.45, 7) is 9.32. The lowest BCUT2D eigenvalue weighted by Gasteiger charge is -2.37. The summed E-state index contributed by atoms with van der Waals surface area (Å²) in [4.78, 5) is 23.3. The van der Waals surface area contributed by atoms with Crippen LogP contribution in [0.15, 0.2) is 16.6 Å². The molecular weight excluding hydrogens is 473 g/mol. The second-order valence-corrected chi connectivity index (χ2v) is 7.17. The van der Waals surface area contributed by atoms with Crippen molar-refractivity contribution in [3.8, 4) is 0 Å². The Morgan fingerprint density at radius 1 is 1.07 bits per heavy atom. The number of rotatable bonds is 5. The quantitative estimate of drug-likeness (QED) is 0.252. The first kappa shape index (κ1) is 23.4. The van der Waals surface area contributed by atoms with Crippen LogP contribution in [0.3, 0.4) is 0 Å². The highest BCUT2D eigenvalue weighted by atomic mass is 127. The molecule has 2 saturated heterocycles. The van der Waals surface area contributed by atoms with Crippen molar-refractivity contribution < 1.29 is 14.3 Å². The molecule has 3 aliphatic heterocycles. The Kier molecular flexibility index (Phi) is 10.5. The Bertz CT molecular complexity index is 544. The van der Waals surface area contributed by atoms with E-state index < -0.39 is 0 Å². The van der Waals surface area contributed by atoms with E-state index in [9.17, 15) is 4.79 Å². The molecule has 160 valence electrons. The normalized spacial score (nSPS) is 21.8. The maximum absolute atomic E-state index is 12.4. The second-order valence-electron chi connectivity index (χ2n) is 7.17. The molecule has 1 amide bonds. The average molecular weight is 507 g/mol. The fourth-order valence-electron chi connectivity index (χ4n) is 3.68. The minimum absolute atomic E-state index is 0. The summed E-state index contributed by atoms with van der Waals surface area (Å²) >= 11 is 0. The van der Waals surface area contributed by atoms with Gasteiger partial charge < -0.3 is 24.6 Å². The SMILES string of the molecule is CN=C(NCCC1=CCOCC1)N1CCN(CC(=O)N2CCOCC2)CC1.I. The van der Waals surface area contributed by atoms with Gasteiger partial charge in [0.15, 0.2) is 5.96 Å². The van der Waals surface area contributed by atoms with Gasteiger partial charge in [-0.05, 0) is 12.8 Å². The fraction of sp³-hybridized carbons (Fsp3) is 0.789. The van der Waals surface area contributed by atoms with E-state index in [0.29, 0.717) is 19.8 Å². The van der Waals surface area contributed by atoms with E-state index in [1.165, 1.54) is 5.57 Å². The first-order valence-corrected chi connectivity index (χ1v) is 10.1. The molecule has 0 saturated carbocycles. The molecule has 0 atom stereocenters. The van der Waals surface area contributed by atoms with E-state index in [2.05, 4.69) is 26.2 Å². The molecule has 8 nitrogen and oxygen atoms in total. The van der Waals surface area contributed by atoms with Gasteiger partial charge in [0.25, 0.3) is 0 Å². The zero-order valence-electron chi connectivity index (χ0n) is 16.9. The number of aliphatic imine (C=N–C) groups is 1. The number of carbonyl (C=O) groups excluding carboxylic acids is 1. The molecule has 0 radical (unpaired) electrons. The maximum atomic E-state index is 12.4. The van der Waals surface area contributed by atoms with Crippen molar-refractivity contribution in [1.82, 2.24) is 20.0 Å². The number of piperazine rings is 1. The van der Waals surface area contributed by atoms with Crippen molar-refractivity contribution >= 4 is 35.8 Å². The van der Waals surface area contributed by atoms with Gasteiger partial charge in [0, 0.05) is 52.9 Å². The van der Waals surface area contributed by atoms with Crippen LogP contribution in [-0.2, 0) is 14.3 Å². The molecule has 0 aromatic rings. The molecule has 1 N–H and O–H groups in total. The summed E-state index contributed by atoms with van der Waals surface area (Å²) in [7, 11) is 1.84. The number of amides is 1. The average Bonchev–Trinajstić information content (AvgIpc) is 2.73. The number of hydrogen-bond donors (Lipinski definition) is 1. The van der Waals surface area contributed by atoms with Gasteiger partial charge in [-0.1, -0.05) is 11.6 Å². The summed E-state index contributed by atoms with van der Waals surface area (Å²) < 4.78 is 10.7. The van der Waals surface area contributed by atoms with E-state index in [4.69, 9.17) is 9.47 Å². The highest BCUT2D eigenvalue weighted by Crippen LogP contribution is 2.11. The van der Waals surface area contributed by atoms with Crippen LogP contribution in [0.4, 0.5) is 0 Å². The Labute approximate surface area is 185 Å². The van der Waals surface area contributed by atoms with Gasteiger partial charge in [-0.2, -0.15) is 0 Å². The lowest BCUT2D eigenvalue weighted by molar-refractivity contribution is -0.136. The van der Waals surface area contributed by atoms with Crippen LogP contribution in [0.5, 0.6) is 0 Å². The lowest BCUT2D eigenvalue weighted by atomic mass is 10.1. The molecule has 28 heavy (non-hydrogen) atoms. The van der Waals surface area contributed by atoms with E-state index >= 15 is 0 Å². The lowest BCUT2D eigenvalue weighted by Crippen LogP contribution is -2.55. The Morgan fingerprint density at radius 2 is 1.82 bits per heavy atom. The Hall–Kier alpha value is -0.910. The van der Waals surface area contributed by atoms with Crippen LogP contribution in [0.25, 0.3) is 0 Å². The van der Waals surface area contributed by atoms with Crippen molar-refractivity contribution in [1.29, 1.82) is 0 Å². The Morgan fingerprint density at radius 3 is 2.46 bits per heavy atom. The monoisotopic (exact) mass is 507 g/mol. The fourth-order valence-corrected chi connectivity index (χ4v) is 3.68. The molecule has 3 rings (SSSR count). The predicted molar refractivity (Wildman–Crippen MR) is 120 cm³/mol. The van der Waals surface area contributed by atoms with Crippen molar-refractivity contribution in [3.05, 3.63) is 11.6 Å².